The van der Waals surface area contributed by atoms with Crippen molar-refractivity contribution in [1.29, 1.82) is 0 Å². The number of unbranched alkanes of at least 4 members (excludes halogenated alkanes) is 12. The van der Waals surface area contributed by atoms with Crippen molar-refractivity contribution in [2.75, 3.05) is 39.3 Å². The number of hydrogen-bond donors (Lipinski definition) is 6. The van der Waals surface area contributed by atoms with Gasteiger partial charge in [-0.05, 0) is 181 Å². The van der Waals surface area contributed by atoms with Crippen LogP contribution in [0.5, 0.6) is 0 Å². The molecule has 9 aromatic rings. The highest BCUT2D eigenvalue weighted by atomic mass is 79.9. The van der Waals surface area contributed by atoms with Crippen LogP contribution < -0.4 is 41.7 Å². The number of carbonyl (C=O) groups excluding carboxylic acids is 4. The maximum absolute atomic E-state index is 12.6. The monoisotopic (exact) mass is 1370 g/mol. The molecule has 0 heterocycles. The molecule has 0 spiro atoms. The molecule has 0 aromatic heterocycles. The van der Waals surface area contributed by atoms with E-state index in [9.17, 15) is 19.2 Å². The Hall–Kier alpha value is -7.36. The highest BCUT2D eigenvalue weighted by molar-refractivity contribution is 9.11. The predicted molar refractivity (Wildman–Crippen MR) is 397 cm³/mol. The van der Waals surface area contributed by atoms with Crippen LogP contribution in [0.15, 0.2) is 179 Å². The molecule has 0 aliphatic rings. The van der Waals surface area contributed by atoms with E-state index in [0.29, 0.717) is 13.1 Å². The summed E-state index contributed by atoms with van der Waals surface area (Å²) in [5.41, 5.74) is 16.9. The van der Waals surface area contributed by atoms with Gasteiger partial charge < -0.3 is 22.1 Å². The van der Waals surface area contributed by atoms with Gasteiger partial charge in [0.2, 0.25) is 0 Å². The maximum atomic E-state index is 12.6. The molecule has 0 fully saturated rings. The molecule has 8 amide bonds. The predicted octanol–water partition coefficient (Wildman–Crippen LogP) is 20.9. The number of halogens is 2. The number of fused-ring (bicyclic) bond motifs is 2. The zero-order chi connectivity index (χ0) is 65.6. The number of aryl methyl sites for hydroxylation is 2. The van der Waals surface area contributed by atoms with Crippen LogP contribution in [0.25, 0.3) is 43.1 Å². The van der Waals surface area contributed by atoms with Gasteiger partial charge in [-0.25, -0.2) is 19.2 Å². The van der Waals surface area contributed by atoms with Crippen LogP contribution >= 0.6 is 31.9 Å². The number of amides is 8. The molecule has 0 radical (unpaired) electrons. The molecular weight excluding hydrogens is 1270 g/mol. The maximum Gasteiger partial charge on any atom is 0.322 e. The lowest BCUT2D eigenvalue weighted by molar-refractivity contribution is 0.227. The lowest BCUT2D eigenvalue weighted by atomic mass is 9.90. The van der Waals surface area contributed by atoms with Crippen molar-refractivity contribution in [3.8, 4) is 0 Å². The summed E-state index contributed by atoms with van der Waals surface area (Å²) in [6.07, 6.45) is 23.3. The van der Waals surface area contributed by atoms with Gasteiger partial charge >= 0.3 is 24.1 Å². The SMILES string of the molecule is Brc1ccc2cccc3c4c(Br)ccc5cccc(c1c23)c54.CCCCCC[N+](CCCCCC)(c1ccccc1)c1ccc(CCCNC(=O)NC(=O)NCCCc2ccc([N+](CCCCCC)(CCCCCC)c3ccccc3)cc2)cc1.NC(=O)NC(N)=O. The van der Waals surface area contributed by atoms with Gasteiger partial charge in [0.25, 0.3) is 0 Å². The molecule has 9 rings (SSSR count). The Kier molecular flexibility index (Phi) is 29.8. The quantitative estimate of drug-likeness (QED) is 0.0107. The molecule has 0 aliphatic heterocycles. The van der Waals surface area contributed by atoms with Crippen LogP contribution in [0.4, 0.5) is 41.9 Å². The molecule has 0 bridgehead atoms. The van der Waals surface area contributed by atoms with Crippen molar-refractivity contribution < 1.29 is 19.2 Å². The lowest BCUT2D eigenvalue weighted by Gasteiger charge is -2.38. The minimum atomic E-state index is -0.938. The first-order valence-corrected chi connectivity index (χ1v) is 35.5. The summed E-state index contributed by atoms with van der Waals surface area (Å²) in [6, 6.07) is 59.7. The molecular formula is C78H100Br2N8O4+2. The van der Waals surface area contributed by atoms with Crippen LogP contribution in [-0.4, -0.2) is 63.4 Å². The number of para-hydroxylation sites is 2. The second-order valence-corrected chi connectivity index (χ2v) is 26.1. The Morgan fingerprint density at radius 2 is 0.685 bits per heavy atom. The third-order valence-corrected chi connectivity index (χ3v) is 19.1. The van der Waals surface area contributed by atoms with E-state index >= 15 is 0 Å². The summed E-state index contributed by atoms with van der Waals surface area (Å²) in [7, 11) is 0. The molecule has 0 unspecified atom stereocenters. The van der Waals surface area contributed by atoms with E-state index in [4.69, 9.17) is 0 Å². The summed E-state index contributed by atoms with van der Waals surface area (Å²) < 4.78 is 4.12. The van der Waals surface area contributed by atoms with E-state index in [0.717, 1.165) is 69.8 Å². The number of urea groups is 4. The van der Waals surface area contributed by atoms with E-state index in [-0.39, 0.29) is 0 Å². The van der Waals surface area contributed by atoms with Gasteiger partial charge in [-0.15, -0.1) is 0 Å². The average molecular weight is 1370 g/mol. The summed E-state index contributed by atoms with van der Waals surface area (Å²) in [4.78, 5) is 44.4. The van der Waals surface area contributed by atoms with Crippen molar-refractivity contribution in [3.63, 3.8) is 0 Å². The second kappa shape index (κ2) is 38.0. The van der Waals surface area contributed by atoms with Crippen molar-refractivity contribution >= 4 is 122 Å². The third kappa shape index (κ3) is 20.3. The van der Waals surface area contributed by atoms with Gasteiger partial charge in [0.15, 0.2) is 0 Å². The van der Waals surface area contributed by atoms with Gasteiger partial charge in [0.1, 0.15) is 22.7 Å². The van der Waals surface area contributed by atoms with E-state index < -0.39 is 24.1 Å². The first kappa shape index (κ1) is 72.1. The number of carbonyl (C=O) groups is 4. The smallest absolute Gasteiger partial charge is 0.322 e. The summed E-state index contributed by atoms with van der Waals surface area (Å²) in [6.45, 7) is 14.6. The summed E-state index contributed by atoms with van der Waals surface area (Å²) in [5.74, 6) is 0. The van der Waals surface area contributed by atoms with Gasteiger partial charge in [-0.2, -0.15) is 0 Å². The molecule has 0 aliphatic carbocycles. The molecule has 0 saturated heterocycles. The highest BCUT2D eigenvalue weighted by Gasteiger charge is 2.34. The van der Waals surface area contributed by atoms with Crippen LogP contribution in [0.1, 0.15) is 154 Å². The molecule has 9 aromatic carbocycles. The fourth-order valence-corrected chi connectivity index (χ4v) is 14.2. The fourth-order valence-electron chi connectivity index (χ4n) is 13.1. The highest BCUT2D eigenvalue weighted by Crippen LogP contribution is 2.45. The number of nitrogens with two attached hydrogens (primary N) is 2. The number of nitrogens with zero attached hydrogens (tertiary/aromatic N) is 2. The van der Waals surface area contributed by atoms with Crippen molar-refractivity contribution in [2.24, 2.45) is 11.5 Å². The van der Waals surface area contributed by atoms with Gasteiger partial charge in [-0.3, -0.25) is 19.6 Å². The molecule has 92 heavy (non-hydrogen) atoms. The molecule has 0 atom stereocenters. The number of imide groups is 2. The molecule has 8 N–H and O–H groups in total. The van der Waals surface area contributed by atoms with Crippen LogP contribution in [0.3, 0.4) is 0 Å². The van der Waals surface area contributed by atoms with E-state index in [1.165, 1.54) is 180 Å². The largest absolute Gasteiger partial charge is 0.351 e. The van der Waals surface area contributed by atoms with Crippen LogP contribution in [0.2, 0.25) is 0 Å². The minimum Gasteiger partial charge on any atom is -0.351 e. The molecule has 14 heteroatoms. The summed E-state index contributed by atoms with van der Waals surface area (Å²) >= 11 is 7.54. The Labute approximate surface area is 564 Å². The Balaban J connectivity index is 0.000000333. The number of hydrogen-bond acceptors (Lipinski definition) is 4. The molecule has 488 valence electrons. The van der Waals surface area contributed by atoms with E-state index in [1.54, 1.807) is 5.32 Å². The van der Waals surface area contributed by atoms with Crippen molar-refractivity contribution in [3.05, 3.63) is 190 Å². The number of nitrogens with one attached hydrogen (secondary N) is 4. The van der Waals surface area contributed by atoms with Gasteiger partial charge in [-0.1, -0.05) is 220 Å². The third-order valence-electron chi connectivity index (χ3n) is 17.8. The first-order valence-electron chi connectivity index (χ1n) is 33.9. The topological polar surface area (TPSA) is 168 Å². The normalized spacial score (nSPS) is 11.5. The Morgan fingerprint density at radius 3 is 1.00 bits per heavy atom. The standard InChI is InChI=1S/C56H83N5O2.C20H10Br2.C2H5N3O2/c1-5-9-13-23-45-60(46-24-14-10-6-2,51-31-19-17-20-32-51)53-39-35-49(36-40-53)29-27-43-57-55(62)59-56(63)58-44-28-30-50-37-41-54(42-38-50)61(47-25-15-11-7-3,48-26-16-12-8-4)52-33-21-18-22-34-52;21-15-10-8-12-4-2-6-14-18(12)19(15)13-5-1-3-11-7-9-16(22)20(14)17(11)13;3-1(6)5-2(4)7/h17-22,31-42H,5-16,23-30,43-48H2,1-4H3,(H-2,57,58,59,62,63);1-10H;(H5,3,4,5,6,7)/p+2. The Morgan fingerprint density at radius 1 is 0.348 bits per heavy atom. The van der Waals surface area contributed by atoms with Crippen molar-refractivity contribution in [2.45, 2.75) is 156 Å². The number of primary amides is 2. The lowest BCUT2D eigenvalue weighted by Crippen LogP contribution is -2.46. The molecule has 0 saturated carbocycles. The number of quaternary nitrogens is 2. The second-order valence-electron chi connectivity index (χ2n) is 24.4. The van der Waals surface area contributed by atoms with E-state index in [1.807, 2.05) is 0 Å². The van der Waals surface area contributed by atoms with Gasteiger partial charge in [0, 0.05) is 32.8 Å². The number of rotatable bonds is 32. The van der Waals surface area contributed by atoms with E-state index in [2.05, 4.69) is 257 Å². The van der Waals surface area contributed by atoms with Crippen molar-refractivity contribution in [1.82, 2.24) is 30.2 Å². The molecule has 12 nitrogen and oxygen atoms in total. The van der Waals surface area contributed by atoms with Crippen LogP contribution in [0, 0.1) is 0 Å². The van der Waals surface area contributed by atoms with Crippen LogP contribution in [-0.2, 0) is 12.8 Å². The first-order chi connectivity index (χ1) is 44.8. The van der Waals surface area contributed by atoms with Gasteiger partial charge in [0.05, 0.1) is 26.2 Å². The number of benzene rings is 9. The average Bonchev–Trinajstić information content (AvgIpc) is 0.719. The minimum absolute atomic E-state index is 0.459. The fraction of sp³-hybridized carbons (Fsp3) is 0.385. The summed E-state index contributed by atoms with van der Waals surface area (Å²) in [5, 5.41) is 20.3. The Bertz CT molecular complexity index is 3430. The zero-order valence-corrected chi connectivity index (χ0v) is 58.2. The zero-order valence-electron chi connectivity index (χ0n) is 55.0.